The molecule has 0 fully saturated rings. The molecule has 1 atom stereocenters. The Morgan fingerprint density at radius 2 is 1.62 bits per heavy atom. The molecule has 4 heteroatoms. The van der Waals surface area contributed by atoms with E-state index in [0.717, 1.165) is 27.3 Å². The lowest BCUT2D eigenvalue weighted by atomic mass is 9.86. The molecule has 0 aliphatic carbocycles. The molecular formula is C22H22N2OS. The summed E-state index contributed by atoms with van der Waals surface area (Å²) in [6, 6.07) is 18.5. The van der Waals surface area contributed by atoms with Crippen molar-refractivity contribution in [1.82, 2.24) is 5.32 Å². The molecule has 0 saturated carbocycles. The minimum atomic E-state index is -0.203. The van der Waals surface area contributed by atoms with Gasteiger partial charge in [0.1, 0.15) is 11.2 Å². The standard InChI is InChI=1S/C22H22N2OS/c1-22(2,3)16-11-9-15(10-12-16)19-23-20(25)18-17(13-26-21(18)24-19)14-7-5-4-6-8-14/h4-13,19,24H,1-3H3,(H,23,25)/t19-/m0/s1. The third-order valence-corrected chi connectivity index (χ3v) is 5.68. The lowest BCUT2D eigenvalue weighted by Crippen LogP contribution is -2.38. The molecule has 3 nitrogen and oxygen atoms in total. The SMILES string of the molecule is CC(C)(C)c1ccc([C@H]2NC(=O)c3c(-c4ccccc4)csc3N2)cc1. The minimum Gasteiger partial charge on any atom is -0.353 e. The summed E-state index contributed by atoms with van der Waals surface area (Å²) < 4.78 is 0. The van der Waals surface area contributed by atoms with Crippen LogP contribution in [-0.2, 0) is 5.41 Å². The molecule has 132 valence electrons. The van der Waals surface area contributed by atoms with Crippen molar-refractivity contribution >= 4 is 22.2 Å². The Labute approximate surface area is 158 Å². The number of benzene rings is 2. The normalized spacial score (nSPS) is 16.6. The Morgan fingerprint density at radius 1 is 0.923 bits per heavy atom. The summed E-state index contributed by atoms with van der Waals surface area (Å²) in [7, 11) is 0. The van der Waals surface area contributed by atoms with Gasteiger partial charge in [0.15, 0.2) is 0 Å². The van der Waals surface area contributed by atoms with E-state index < -0.39 is 0 Å². The Balaban J connectivity index is 1.63. The number of amides is 1. The molecule has 1 aromatic heterocycles. The summed E-state index contributed by atoms with van der Waals surface area (Å²) in [6.45, 7) is 6.60. The molecule has 2 aromatic carbocycles. The van der Waals surface area contributed by atoms with Crippen LogP contribution < -0.4 is 10.6 Å². The van der Waals surface area contributed by atoms with Crippen LogP contribution in [0.1, 0.15) is 48.4 Å². The van der Waals surface area contributed by atoms with Gasteiger partial charge in [-0.1, -0.05) is 75.4 Å². The highest BCUT2D eigenvalue weighted by atomic mass is 32.1. The lowest BCUT2D eigenvalue weighted by Gasteiger charge is -2.27. The lowest BCUT2D eigenvalue weighted by molar-refractivity contribution is 0.0937. The number of carbonyl (C=O) groups excluding carboxylic acids is 1. The smallest absolute Gasteiger partial charge is 0.256 e. The second-order valence-electron chi connectivity index (χ2n) is 7.64. The van der Waals surface area contributed by atoms with Crippen LogP contribution >= 0.6 is 11.3 Å². The maximum atomic E-state index is 12.8. The molecule has 4 rings (SSSR count). The zero-order valence-corrected chi connectivity index (χ0v) is 16.0. The third kappa shape index (κ3) is 3.01. The maximum Gasteiger partial charge on any atom is 0.256 e. The second-order valence-corrected chi connectivity index (χ2v) is 8.52. The van der Waals surface area contributed by atoms with Crippen LogP contribution in [-0.4, -0.2) is 5.91 Å². The molecule has 1 aliphatic rings. The van der Waals surface area contributed by atoms with E-state index in [0.29, 0.717) is 0 Å². The summed E-state index contributed by atoms with van der Waals surface area (Å²) in [5.41, 5.74) is 5.25. The van der Waals surface area contributed by atoms with Crippen LogP contribution in [0.5, 0.6) is 0 Å². The monoisotopic (exact) mass is 362 g/mol. The summed E-state index contributed by atoms with van der Waals surface area (Å²) in [5, 5.41) is 9.56. The van der Waals surface area contributed by atoms with Crippen molar-refractivity contribution in [2.75, 3.05) is 5.32 Å². The van der Waals surface area contributed by atoms with Crippen LogP contribution in [0.3, 0.4) is 0 Å². The third-order valence-electron chi connectivity index (χ3n) is 4.76. The number of anilines is 1. The zero-order valence-electron chi connectivity index (χ0n) is 15.2. The number of hydrogen-bond donors (Lipinski definition) is 2. The van der Waals surface area contributed by atoms with Crippen molar-refractivity contribution in [3.05, 3.63) is 76.7 Å². The molecule has 0 radical (unpaired) electrons. The highest BCUT2D eigenvalue weighted by Crippen LogP contribution is 2.39. The molecule has 3 aromatic rings. The van der Waals surface area contributed by atoms with Gasteiger partial charge in [-0.2, -0.15) is 0 Å². The number of hydrogen-bond acceptors (Lipinski definition) is 3. The van der Waals surface area contributed by atoms with Gasteiger partial charge in [-0.3, -0.25) is 4.79 Å². The van der Waals surface area contributed by atoms with Gasteiger partial charge in [-0.15, -0.1) is 11.3 Å². The quantitative estimate of drug-likeness (QED) is 0.626. The summed E-state index contributed by atoms with van der Waals surface area (Å²) in [6.07, 6.45) is -0.203. The average molecular weight is 362 g/mol. The van der Waals surface area contributed by atoms with Crippen molar-refractivity contribution in [2.24, 2.45) is 0 Å². The molecule has 1 aliphatic heterocycles. The van der Waals surface area contributed by atoms with E-state index in [1.165, 1.54) is 5.56 Å². The van der Waals surface area contributed by atoms with Crippen molar-refractivity contribution in [3.63, 3.8) is 0 Å². The Kier molecular flexibility index (Phi) is 4.08. The molecule has 0 spiro atoms. The molecule has 26 heavy (non-hydrogen) atoms. The number of fused-ring (bicyclic) bond motifs is 1. The van der Waals surface area contributed by atoms with E-state index in [2.05, 4.69) is 61.1 Å². The fourth-order valence-electron chi connectivity index (χ4n) is 3.23. The molecule has 0 unspecified atom stereocenters. The zero-order chi connectivity index (χ0) is 18.3. The molecule has 2 heterocycles. The van der Waals surface area contributed by atoms with Gasteiger partial charge in [0.2, 0.25) is 0 Å². The topological polar surface area (TPSA) is 41.1 Å². The fourth-order valence-corrected chi connectivity index (χ4v) is 4.23. The first-order chi connectivity index (χ1) is 12.4. The van der Waals surface area contributed by atoms with E-state index in [1.807, 2.05) is 30.3 Å². The first-order valence-electron chi connectivity index (χ1n) is 8.78. The van der Waals surface area contributed by atoms with Crippen LogP contribution in [0.25, 0.3) is 11.1 Å². The van der Waals surface area contributed by atoms with Crippen molar-refractivity contribution in [1.29, 1.82) is 0 Å². The van der Waals surface area contributed by atoms with Gasteiger partial charge in [-0.05, 0) is 22.1 Å². The van der Waals surface area contributed by atoms with Crippen molar-refractivity contribution in [2.45, 2.75) is 32.4 Å². The van der Waals surface area contributed by atoms with Crippen molar-refractivity contribution < 1.29 is 4.79 Å². The fraction of sp³-hybridized carbons (Fsp3) is 0.227. The predicted octanol–water partition coefficient (Wildman–Crippen LogP) is 5.57. The average Bonchev–Trinajstić information content (AvgIpc) is 3.06. The number of carbonyl (C=O) groups is 1. The molecule has 2 N–H and O–H groups in total. The van der Waals surface area contributed by atoms with E-state index in [1.54, 1.807) is 11.3 Å². The first-order valence-corrected chi connectivity index (χ1v) is 9.66. The second kappa shape index (κ2) is 6.29. The number of thiophene rings is 1. The Morgan fingerprint density at radius 3 is 2.27 bits per heavy atom. The minimum absolute atomic E-state index is 0.0243. The van der Waals surface area contributed by atoms with Gasteiger partial charge in [0.05, 0.1) is 5.56 Å². The summed E-state index contributed by atoms with van der Waals surface area (Å²) in [5.74, 6) is -0.0243. The number of nitrogens with one attached hydrogen (secondary N) is 2. The van der Waals surface area contributed by atoms with Crippen molar-refractivity contribution in [3.8, 4) is 11.1 Å². The molecule has 1 amide bonds. The van der Waals surface area contributed by atoms with E-state index in [4.69, 9.17) is 0 Å². The van der Waals surface area contributed by atoms with Crippen LogP contribution in [0.15, 0.2) is 60.0 Å². The van der Waals surface area contributed by atoms with Gasteiger partial charge >= 0.3 is 0 Å². The van der Waals surface area contributed by atoms with E-state index in [9.17, 15) is 4.79 Å². The first kappa shape index (κ1) is 16.9. The largest absolute Gasteiger partial charge is 0.353 e. The molecular weight excluding hydrogens is 340 g/mol. The van der Waals surface area contributed by atoms with Crippen LogP contribution in [0.4, 0.5) is 5.00 Å². The van der Waals surface area contributed by atoms with Gasteiger partial charge in [0.25, 0.3) is 5.91 Å². The van der Waals surface area contributed by atoms with Gasteiger partial charge in [0, 0.05) is 10.9 Å². The Bertz CT molecular complexity index is 937. The Hall–Kier alpha value is -2.59. The van der Waals surface area contributed by atoms with E-state index >= 15 is 0 Å². The molecule has 0 saturated heterocycles. The van der Waals surface area contributed by atoms with E-state index in [-0.39, 0.29) is 17.5 Å². The van der Waals surface area contributed by atoms with Crippen LogP contribution in [0, 0.1) is 0 Å². The number of rotatable bonds is 2. The highest BCUT2D eigenvalue weighted by molar-refractivity contribution is 7.15. The van der Waals surface area contributed by atoms with Crippen LogP contribution in [0.2, 0.25) is 0 Å². The van der Waals surface area contributed by atoms with Gasteiger partial charge in [-0.25, -0.2) is 0 Å². The summed E-state index contributed by atoms with van der Waals surface area (Å²) in [4.78, 5) is 12.8. The maximum absolute atomic E-state index is 12.8. The highest BCUT2D eigenvalue weighted by Gasteiger charge is 2.29. The van der Waals surface area contributed by atoms with Gasteiger partial charge < -0.3 is 10.6 Å². The molecule has 0 bridgehead atoms. The summed E-state index contributed by atoms with van der Waals surface area (Å²) >= 11 is 1.58. The predicted molar refractivity (Wildman–Crippen MR) is 109 cm³/mol.